The van der Waals surface area contributed by atoms with E-state index in [1.165, 1.54) is 24.2 Å². The fraction of sp³-hybridized carbons (Fsp3) is 0.267. The number of imidazole rings is 1. The van der Waals surface area contributed by atoms with Crippen molar-refractivity contribution in [3.8, 4) is 5.69 Å². The van der Waals surface area contributed by atoms with Gasteiger partial charge in [0.15, 0.2) is 0 Å². The lowest BCUT2D eigenvalue weighted by Crippen LogP contribution is -2.23. The summed E-state index contributed by atoms with van der Waals surface area (Å²) in [4.78, 5) is 15.8. The highest BCUT2D eigenvalue weighted by molar-refractivity contribution is 7.99. The third kappa shape index (κ3) is 4.41. The molecule has 8 nitrogen and oxygen atoms in total. The summed E-state index contributed by atoms with van der Waals surface area (Å²) in [5.74, 6) is 0.0883. The third-order valence-corrected chi connectivity index (χ3v) is 4.44. The van der Waals surface area contributed by atoms with Gasteiger partial charge < -0.3 is 9.88 Å². The minimum absolute atomic E-state index is 0.110. The number of rotatable bonds is 7. The molecule has 0 saturated carbocycles. The molecule has 0 aliphatic rings. The van der Waals surface area contributed by atoms with Crippen LogP contribution >= 0.6 is 11.8 Å². The maximum absolute atomic E-state index is 14.1. The van der Waals surface area contributed by atoms with E-state index in [-0.39, 0.29) is 18.3 Å². The molecule has 0 bridgehead atoms. The van der Waals surface area contributed by atoms with Crippen LogP contribution in [0.2, 0.25) is 0 Å². The van der Waals surface area contributed by atoms with Crippen LogP contribution in [0.15, 0.2) is 42.1 Å². The minimum atomic E-state index is -0.366. The summed E-state index contributed by atoms with van der Waals surface area (Å²) in [6, 6.07) is 4.85. The maximum Gasteiger partial charge on any atom is 0.221 e. The highest BCUT2D eigenvalue weighted by Crippen LogP contribution is 2.15. The molecule has 130 valence electrons. The van der Waals surface area contributed by atoms with Crippen LogP contribution in [0.1, 0.15) is 12.0 Å². The Kier molecular flexibility index (Phi) is 5.39. The van der Waals surface area contributed by atoms with Crippen LogP contribution in [0, 0.1) is 5.82 Å². The van der Waals surface area contributed by atoms with Crippen LogP contribution in [0.3, 0.4) is 0 Å². The number of halogens is 1. The number of carbonyl (C=O) groups excluding carboxylic acids is 1. The predicted molar refractivity (Wildman–Crippen MR) is 89.5 cm³/mol. The van der Waals surface area contributed by atoms with Crippen molar-refractivity contribution in [1.29, 1.82) is 0 Å². The zero-order valence-electron chi connectivity index (χ0n) is 13.5. The maximum atomic E-state index is 14.1. The number of hydrogen-bond donors (Lipinski definition) is 1. The Morgan fingerprint density at radius 3 is 2.96 bits per heavy atom. The zero-order valence-corrected chi connectivity index (χ0v) is 14.3. The van der Waals surface area contributed by atoms with Crippen molar-refractivity contribution in [3.63, 3.8) is 0 Å². The lowest BCUT2D eigenvalue weighted by atomic mass is 10.2. The van der Waals surface area contributed by atoms with E-state index in [9.17, 15) is 9.18 Å². The second-order valence-corrected chi connectivity index (χ2v) is 6.28. The average molecular weight is 361 g/mol. The molecule has 0 aliphatic carbocycles. The van der Waals surface area contributed by atoms with E-state index in [1.807, 2.05) is 0 Å². The van der Waals surface area contributed by atoms with Crippen molar-refractivity contribution in [1.82, 2.24) is 35.1 Å². The number of carbonyl (C=O) groups is 1. The quantitative estimate of drug-likeness (QED) is 0.639. The molecule has 1 aromatic carbocycles. The average Bonchev–Trinajstić information content (AvgIpc) is 3.25. The van der Waals surface area contributed by atoms with E-state index in [4.69, 9.17) is 0 Å². The van der Waals surface area contributed by atoms with Crippen LogP contribution in [0.5, 0.6) is 0 Å². The molecule has 0 fully saturated rings. The first-order chi connectivity index (χ1) is 12.1. The van der Waals surface area contributed by atoms with Gasteiger partial charge in [-0.2, -0.15) is 0 Å². The Labute approximate surface area is 147 Å². The molecule has 0 saturated heterocycles. The topological polar surface area (TPSA) is 90.5 Å². The Morgan fingerprint density at radius 2 is 2.28 bits per heavy atom. The number of aryl methyl sites for hydroxylation is 1. The number of aromatic nitrogens is 6. The summed E-state index contributed by atoms with van der Waals surface area (Å²) in [6.07, 6.45) is 5.12. The Hall–Kier alpha value is -2.75. The molecule has 3 aromatic rings. The van der Waals surface area contributed by atoms with E-state index in [1.54, 1.807) is 40.8 Å². The SMILES string of the molecule is Cn1nnnc1SCCC(=O)NCc1ccc(-n2ccnc2)c(F)c1. The van der Waals surface area contributed by atoms with Crippen molar-refractivity contribution in [2.24, 2.45) is 7.05 Å². The summed E-state index contributed by atoms with van der Waals surface area (Å²) >= 11 is 1.40. The summed E-state index contributed by atoms with van der Waals surface area (Å²) in [6.45, 7) is 0.274. The highest BCUT2D eigenvalue weighted by atomic mass is 32.2. The molecule has 0 unspecified atom stereocenters. The number of nitrogens with one attached hydrogen (secondary N) is 1. The summed E-state index contributed by atoms with van der Waals surface area (Å²) in [5, 5.41) is 14.5. The molecule has 1 N–H and O–H groups in total. The van der Waals surface area contributed by atoms with Gasteiger partial charge in [-0.15, -0.1) is 5.10 Å². The van der Waals surface area contributed by atoms with Gasteiger partial charge in [0.2, 0.25) is 11.1 Å². The molecule has 10 heteroatoms. The summed E-state index contributed by atoms with van der Waals surface area (Å²) < 4.78 is 17.3. The van der Waals surface area contributed by atoms with Crippen LogP contribution in [0.4, 0.5) is 4.39 Å². The number of nitrogens with zero attached hydrogens (tertiary/aromatic N) is 6. The van der Waals surface area contributed by atoms with E-state index in [0.29, 0.717) is 28.6 Å². The molecule has 0 radical (unpaired) electrons. The third-order valence-electron chi connectivity index (χ3n) is 3.43. The minimum Gasteiger partial charge on any atom is -0.352 e. The van der Waals surface area contributed by atoms with E-state index < -0.39 is 0 Å². The normalized spacial score (nSPS) is 10.8. The van der Waals surface area contributed by atoms with Crippen molar-refractivity contribution in [3.05, 3.63) is 48.3 Å². The van der Waals surface area contributed by atoms with E-state index in [2.05, 4.69) is 25.8 Å². The summed E-state index contributed by atoms with van der Waals surface area (Å²) in [5.41, 5.74) is 1.11. The molecule has 0 atom stereocenters. The lowest BCUT2D eigenvalue weighted by Gasteiger charge is -2.08. The zero-order chi connectivity index (χ0) is 17.6. The van der Waals surface area contributed by atoms with Crippen LogP contribution < -0.4 is 5.32 Å². The van der Waals surface area contributed by atoms with Crippen molar-refractivity contribution in [2.75, 3.05) is 5.75 Å². The molecule has 0 spiro atoms. The van der Waals surface area contributed by atoms with Crippen molar-refractivity contribution < 1.29 is 9.18 Å². The monoisotopic (exact) mass is 361 g/mol. The number of thioether (sulfide) groups is 1. The molecule has 2 heterocycles. The Morgan fingerprint density at radius 1 is 1.40 bits per heavy atom. The standard InChI is InChI=1S/C15H16FN7OS/c1-22-15(19-20-21-22)25-7-4-14(24)18-9-11-2-3-13(12(16)8-11)23-6-5-17-10-23/h2-3,5-6,8,10H,4,7,9H2,1H3,(H,18,24). The molecule has 0 aliphatic heterocycles. The second-order valence-electron chi connectivity index (χ2n) is 5.22. The molecule has 25 heavy (non-hydrogen) atoms. The van der Waals surface area contributed by atoms with Gasteiger partial charge in [-0.3, -0.25) is 4.79 Å². The van der Waals surface area contributed by atoms with Crippen molar-refractivity contribution in [2.45, 2.75) is 18.1 Å². The molecular weight excluding hydrogens is 345 g/mol. The number of tetrazole rings is 1. The van der Waals surface area contributed by atoms with Crippen LogP contribution in [-0.2, 0) is 18.4 Å². The van der Waals surface area contributed by atoms with Gasteiger partial charge in [-0.25, -0.2) is 14.1 Å². The summed E-state index contributed by atoms with van der Waals surface area (Å²) in [7, 11) is 1.74. The Bertz CT molecular complexity index is 849. The molecular formula is C15H16FN7OS. The first-order valence-corrected chi connectivity index (χ1v) is 8.50. The van der Waals surface area contributed by atoms with Crippen LogP contribution in [-0.4, -0.2) is 41.4 Å². The van der Waals surface area contributed by atoms with Gasteiger partial charge >= 0.3 is 0 Å². The number of hydrogen-bond acceptors (Lipinski definition) is 6. The molecule has 1 amide bonds. The highest BCUT2D eigenvalue weighted by Gasteiger charge is 2.08. The fourth-order valence-corrected chi connectivity index (χ4v) is 2.93. The van der Waals surface area contributed by atoms with E-state index >= 15 is 0 Å². The lowest BCUT2D eigenvalue weighted by molar-refractivity contribution is -0.120. The van der Waals surface area contributed by atoms with Gasteiger partial charge in [-0.05, 0) is 28.1 Å². The van der Waals surface area contributed by atoms with Crippen LogP contribution in [0.25, 0.3) is 5.69 Å². The Balaban J connectivity index is 1.47. The van der Waals surface area contributed by atoms with Gasteiger partial charge in [0, 0.05) is 38.2 Å². The van der Waals surface area contributed by atoms with Gasteiger partial charge in [0.1, 0.15) is 5.82 Å². The molecule has 2 aromatic heterocycles. The van der Waals surface area contributed by atoms with Crippen molar-refractivity contribution >= 4 is 17.7 Å². The predicted octanol–water partition coefficient (Wildman–Crippen LogP) is 1.33. The second kappa shape index (κ2) is 7.88. The first-order valence-electron chi connectivity index (χ1n) is 7.52. The van der Waals surface area contributed by atoms with Gasteiger partial charge in [-0.1, -0.05) is 17.8 Å². The number of amides is 1. The van der Waals surface area contributed by atoms with Gasteiger partial charge in [0.25, 0.3) is 0 Å². The number of benzene rings is 1. The smallest absolute Gasteiger partial charge is 0.221 e. The first kappa shape index (κ1) is 17.1. The van der Waals surface area contributed by atoms with E-state index in [0.717, 1.165) is 0 Å². The molecule has 3 rings (SSSR count). The van der Waals surface area contributed by atoms with Gasteiger partial charge in [0.05, 0.1) is 12.0 Å². The largest absolute Gasteiger partial charge is 0.352 e. The fourth-order valence-electron chi connectivity index (χ4n) is 2.14.